The fourth-order valence-corrected chi connectivity index (χ4v) is 2.29. The van der Waals surface area contributed by atoms with E-state index in [4.69, 9.17) is 14.2 Å². The summed E-state index contributed by atoms with van der Waals surface area (Å²) in [5.74, 6) is 0.166. The van der Waals surface area contributed by atoms with E-state index in [1.807, 2.05) is 0 Å². The molecule has 120 valence electrons. The molecule has 5 heteroatoms. The van der Waals surface area contributed by atoms with Gasteiger partial charge in [0.05, 0.1) is 6.10 Å². The Morgan fingerprint density at radius 3 is 2.41 bits per heavy atom. The largest absolute Gasteiger partial charge is 0.514 e. The highest BCUT2D eigenvalue weighted by molar-refractivity contribution is 5.65. The van der Waals surface area contributed by atoms with Crippen LogP contribution >= 0.6 is 0 Å². The van der Waals surface area contributed by atoms with Crippen LogP contribution in [0, 0.1) is 0 Å². The Morgan fingerprint density at radius 2 is 1.77 bits per heavy atom. The van der Waals surface area contributed by atoms with E-state index in [0.717, 1.165) is 25.7 Å². The van der Waals surface area contributed by atoms with Gasteiger partial charge in [-0.05, 0) is 58.6 Å². The molecule has 0 bridgehead atoms. The molecule has 22 heavy (non-hydrogen) atoms. The van der Waals surface area contributed by atoms with Crippen molar-refractivity contribution < 1.29 is 19.0 Å². The van der Waals surface area contributed by atoms with Gasteiger partial charge in [0.25, 0.3) is 0 Å². The molecule has 0 aromatic heterocycles. The molecule has 0 radical (unpaired) electrons. The van der Waals surface area contributed by atoms with E-state index in [-0.39, 0.29) is 17.6 Å². The van der Waals surface area contributed by atoms with E-state index < -0.39 is 17.2 Å². The lowest BCUT2D eigenvalue weighted by Crippen LogP contribution is -2.27. The van der Waals surface area contributed by atoms with Crippen molar-refractivity contribution in [2.75, 3.05) is 0 Å². The van der Waals surface area contributed by atoms with Crippen molar-refractivity contribution in [3.05, 3.63) is 34.5 Å². The van der Waals surface area contributed by atoms with Crippen LogP contribution in [0.15, 0.2) is 29.1 Å². The Balaban J connectivity index is 2.22. The molecule has 5 nitrogen and oxygen atoms in total. The zero-order valence-corrected chi connectivity index (χ0v) is 13.3. The minimum Gasteiger partial charge on any atom is -0.486 e. The summed E-state index contributed by atoms with van der Waals surface area (Å²) < 4.78 is 16.1. The van der Waals surface area contributed by atoms with Gasteiger partial charge >= 0.3 is 6.16 Å². The molecule has 0 heterocycles. The highest BCUT2D eigenvalue weighted by Gasteiger charge is 2.23. The lowest BCUT2D eigenvalue weighted by Gasteiger charge is -2.19. The molecule has 0 atom stereocenters. The van der Waals surface area contributed by atoms with Crippen LogP contribution in [-0.2, 0) is 4.74 Å². The predicted molar refractivity (Wildman–Crippen MR) is 82.5 cm³/mol. The average Bonchev–Trinajstić information content (AvgIpc) is 2.84. The van der Waals surface area contributed by atoms with Crippen molar-refractivity contribution in [3.8, 4) is 11.5 Å². The molecule has 1 aromatic carbocycles. The van der Waals surface area contributed by atoms with Crippen molar-refractivity contribution >= 4 is 6.16 Å². The molecule has 0 N–H and O–H groups in total. The molecular weight excluding hydrogens is 284 g/mol. The van der Waals surface area contributed by atoms with E-state index in [1.165, 1.54) is 6.07 Å². The summed E-state index contributed by atoms with van der Waals surface area (Å²) in [4.78, 5) is 23.9. The maximum atomic E-state index is 12.1. The number of carbonyl (C=O) groups excluding carboxylic acids is 1. The lowest BCUT2D eigenvalue weighted by molar-refractivity contribution is 0.0194. The van der Waals surface area contributed by atoms with Crippen LogP contribution in [0.5, 0.6) is 11.5 Å². The van der Waals surface area contributed by atoms with Gasteiger partial charge in [0, 0.05) is 0 Å². The summed E-state index contributed by atoms with van der Waals surface area (Å²) >= 11 is 0. The third kappa shape index (κ3) is 4.76. The van der Waals surface area contributed by atoms with Crippen LogP contribution in [0.2, 0.25) is 0 Å². The molecule has 1 fully saturated rings. The molecule has 1 saturated carbocycles. The SMILES string of the molecule is CC(C)(C)OC(=O)Oc1c(OC2CCCC2)ccccc1=O. The molecular formula is C17H22O5. The van der Waals surface area contributed by atoms with Crippen molar-refractivity contribution in [2.45, 2.75) is 58.2 Å². The number of hydrogen-bond donors (Lipinski definition) is 0. The normalized spacial score (nSPS) is 15.4. The zero-order chi connectivity index (χ0) is 16.2. The zero-order valence-electron chi connectivity index (χ0n) is 13.3. The van der Waals surface area contributed by atoms with Crippen LogP contribution in [0.3, 0.4) is 0 Å². The van der Waals surface area contributed by atoms with Crippen molar-refractivity contribution in [1.82, 2.24) is 0 Å². The van der Waals surface area contributed by atoms with Crippen molar-refractivity contribution in [2.24, 2.45) is 0 Å². The van der Waals surface area contributed by atoms with Gasteiger partial charge in [-0.3, -0.25) is 4.79 Å². The third-order valence-electron chi connectivity index (χ3n) is 3.22. The quantitative estimate of drug-likeness (QED) is 0.797. The molecule has 1 aliphatic rings. The fraction of sp³-hybridized carbons (Fsp3) is 0.529. The average molecular weight is 306 g/mol. The van der Waals surface area contributed by atoms with Crippen LogP contribution in [0.1, 0.15) is 46.5 Å². The standard InChI is InChI=1S/C17H22O5/c1-17(2,3)22-16(19)21-15-13(18)10-6-7-11-14(15)20-12-8-4-5-9-12/h6-7,10-12H,4-5,8-9H2,1-3H3. The minimum atomic E-state index is -0.910. The van der Waals surface area contributed by atoms with Gasteiger partial charge in [-0.2, -0.15) is 0 Å². The Kier molecular flexibility index (Phi) is 5.06. The van der Waals surface area contributed by atoms with Gasteiger partial charge < -0.3 is 14.2 Å². The van der Waals surface area contributed by atoms with E-state index in [9.17, 15) is 9.59 Å². The Labute approximate surface area is 130 Å². The van der Waals surface area contributed by atoms with Gasteiger partial charge in [0.1, 0.15) is 5.60 Å². The van der Waals surface area contributed by atoms with Gasteiger partial charge in [-0.1, -0.05) is 12.1 Å². The second-order valence-electron chi connectivity index (χ2n) is 6.37. The smallest absolute Gasteiger partial charge is 0.486 e. The summed E-state index contributed by atoms with van der Waals surface area (Å²) in [6.45, 7) is 5.19. The Morgan fingerprint density at radius 1 is 1.14 bits per heavy atom. The molecule has 0 saturated heterocycles. The molecule has 0 aliphatic heterocycles. The Bertz CT molecular complexity index is 582. The maximum absolute atomic E-state index is 12.1. The molecule has 0 amide bonds. The summed E-state index contributed by atoms with van der Waals surface area (Å²) in [5, 5.41) is 0. The molecule has 1 aromatic rings. The fourth-order valence-electron chi connectivity index (χ4n) is 2.29. The summed E-state index contributed by atoms with van der Waals surface area (Å²) in [6.07, 6.45) is 3.25. The first kappa shape index (κ1) is 16.3. The predicted octanol–water partition coefficient (Wildman–Crippen LogP) is 3.68. The van der Waals surface area contributed by atoms with Gasteiger partial charge in [0.15, 0.2) is 5.75 Å². The molecule has 0 spiro atoms. The number of carbonyl (C=O) groups is 1. The monoisotopic (exact) mass is 306 g/mol. The van der Waals surface area contributed by atoms with Gasteiger partial charge in [0.2, 0.25) is 11.2 Å². The maximum Gasteiger partial charge on any atom is 0.514 e. The molecule has 2 rings (SSSR count). The van der Waals surface area contributed by atoms with Crippen LogP contribution in [0.4, 0.5) is 4.79 Å². The van der Waals surface area contributed by atoms with E-state index >= 15 is 0 Å². The van der Waals surface area contributed by atoms with E-state index in [1.54, 1.807) is 39.0 Å². The first-order valence-electron chi connectivity index (χ1n) is 7.56. The highest BCUT2D eigenvalue weighted by atomic mass is 16.7. The topological polar surface area (TPSA) is 61.8 Å². The van der Waals surface area contributed by atoms with Gasteiger partial charge in [-0.15, -0.1) is 0 Å². The van der Waals surface area contributed by atoms with Gasteiger partial charge in [-0.25, -0.2) is 4.79 Å². The number of rotatable bonds is 3. The first-order valence-corrected chi connectivity index (χ1v) is 7.56. The van der Waals surface area contributed by atoms with Crippen molar-refractivity contribution in [1.29, 1.82) is 0 Å². The second-order valence-corrected chi connectivity index (χ2v) is 6.37. The second kappa shape index (κ2) is 6.81. The minimum absolute atomic E-state index is 0.0581. The summed E-state index contributed by atoms with van der Waals surface area (Å²) in [6, 6.07) is 6.25. The molecule has 0 unspecified atom stereocenters. The first-order chi connectivity index (χ1) is 10.3. The summed E-state index contributed by atoms with van der Waals surface area (Å²) in [7, 11) is 0. The van der Waals surface area contributed by atoms with E-state index in [2.05, 4.69) is 0 Å². The number of hydrogen-bond acceptors (Lipinski definition) is 5. The van der Waals surface area contributed by atoms with Crippen LogP contribution < -0.4 is 14.9 Å². The van der Waals surface area contributed by atoms with Crippen LogP contribution in [0.25, 0.3) is 0 Å². The Hall–Kier alpha value is -2.04. The van der Waals surface area contributed by atoms with Crippen molar-refractivity contribution in [3.63, 3.8) is 0 Å². The lowest BCUT2D eigenvalue weighted by atomic mass is 10.2. The highest BCUT2D eigenvalue weighted by Crippen LogP contribution is 2.29. The molecule has 1 aliphatic carbocycles. The van der Waals surface area contributed by atoms with E-state index in [0.29, 0.717) is 0 Å². The van der Waals surface area contributed by atoms with Crippen LogP contribution in [-0.4, -0.2) is 17.9 Å². The third-order valence-corrected chi connectivity index (χ3v) is 3.22. The summed E-state index contributed by atoms with van der Waals surface area (Å²) in [5.41, 5.74) is -1.10. The number of ether oxygens (including phenoxy) is 3.